The first-order chi connectivity index (χ1) is 16.6. The molecular weight excluding hydrogens is 621 g/mol. The molecule has 4 aromatic rings. The third-order valence-corrected chi connectivity index (χ3v) is 5.54. The molecule has 0 saturated heterocycles. The molecule has 0 heterocycles. The zero-order valence-corrected chi connectivity index (χ0v) is 24.3. The molecule has 1 radical (unpaired) electrons. The van der Waals surface area contributed by atoms with Gasteiger partial charge in [0.25, 0.3) is 0 Å². The number of aliphatic hydroxyl groups is 1. The van der Waals surface area contributed by atoms with Gasteiger partial charge in [-0.2, -0.15) is 29.8 Å². The van der Waals surface area contributed by atoms with Crippen LogP contribution in [0, 0.1) is 31.9 Å². The molecule has 0 fully saturated rings. The van der Waals surface area contributed by atoms with E-state index in [1.165, 1.54) is 58.5 Å². The Morgan fingerprint density at radius 2 is 1.56 bits per heavy atom. The molecule has 0 spiro atoms. The largest absolute Gasteiger partial charge is 0.512 e. The third-order valence-electron chi connectivity index (χ3n) is 5.54. The topological polar surface area (TPSA) is 37.3 Å². The maximum atomic E-state index is 10.0. The van der Waals surface area contributed by atoms with Crippen molar-refractivity contribution in [3.63, 3.8) is 0 Å². The van der Waals surface area contributed by atoms with Gasteiger partial charge in [-0.05, 0) is 37.3 Å². The predicted octanol–water partition coefficient (Wildman–Crippen LogP) is 8.62. The zero-order chi connectivity index (χ0) is 25.5. The summed E-state index contributed by atoms with van der Waals surface area (Å²) in [7, 11) is 0. The van der Waals surface area contributed by atoms with Gasteiger partial charge in [-0.1, -0.05) is 75.5 Å². The Labute approximate surface area is 229 Å². The van der Waals surface area contributed by atoms with Crippen molar-refractivity contribution in [2.75, 3.05) is 0 Å². The summed E-state index contributed by atoms with van der Waals surface area (Å²) in [6.07, 6.45) is 2.22. The van der Waals surface area contributed by atoms with Crippen LogP contribution in [0.3, 0.4) is 0 Å². The monoisotopic (exact) mass is 655 g/mol. The fourth-order valence-corrected chi connectivity index (χ4v) is 4.25. The summed E-state index contributed by atoms with van der Waals surface area (Å²) in [6, 6.07) is 31.2. The number of allylic oxidation sites excluding steroid dienone is 2. The summed E-state index contributed by atoms with van der Waals surface area (Å²) in [4.78, 5) is 10.0. The average Bonchev–Trinajstić information content (AvgIpc) is 2.78. The van der Waals surface area contributed by atoms with Crippen LogP contribution in [0.15, 0.2) is 78.6 Å². The van der Waals surface area contributed by atoms with Crippen LogP contribution in [0.4, 0.5) is 0 Å². The van der Waals surface area contributed by atoms with Crippen molar-refractivity contribution in [3.8, 4) is 22.3 Å². The molecule has 4 aromatic carbocycles. The molecule has 3 heteroatoms. The van der Waals surface area contributed by atoms with Gasteiger partial charge in [0.05, 0.1) is 5.76 Å². The normalized spacial score (nSPS) is 11.0. The number of fused-ring (bicyclic) bond motifs is 1. The Kier molecular flexibility index (Phi) is 10.8. The van der Waals surface area contributed by atoms with Crippen LogP contribution in [0.2, 0.25) is 0 Å². The quantitative estimate of drug-likeness (QED) is 0.133. The number of carbonyl (C=O) groups is 1. The minimum Gasteiger partial charge on any atom is -0.512 e. The predicted molar refractivity (Wildman–Crippen MR) is 148 cm³/mol. The van der Waals surface area contributed by atoms with Crippen molar-refractivity contribution in [2.45, 2.75) is 48.0 Å². The van der Waals surface area contributed by atoms with Gasteiger partial charge < -0.3 is 5.11 Å². The first-order valence-corrected chi connectivity index (χ1v) is 12.1. The van der Waals surface area contributed by atoms with E-state index in [2.05, 4.69) is 107 Å². The molecule has 189 valence electrons. The second-order valence-electron chi connectivity index (χ2n) is 9.58. The summed E-state index contributed by atoms with van der Waals surface area (Å²) in [5.74, 6) is 0.537. The van der Waals surface area contributed by atoms with E-state index in [1.807, 2.05) is 0 Å². The van der Waals surface area contributed by atoms with Gasteiger partial charge in [0.2, 0.25) is 0 Å². The van der Waals surface area contributed by atoms with E-state index in [0.717, 1.165) is 17.5 Å². The van der Waals surface area contributed by atoms with Crippen LogP contribution in [-0.2, 0) is 31.3 Å². The van der Waals surface area contributed by atoms with Crippen LogP contribution in [0.25, 0.3) is 33.0 Å². The number of hydrogen-bond donors (Lipinski definition) is 1. The summed E-state index contributed by atoms with van der Waals surface area (Å²) in [6.45, 7) is 11.7. The summed E-state index contributed by atoms with van der Waals surface area (Å²) < 4.78 is 0. The van der Waals surface area contributed by atoms with Gasteiger partial charge in [0.1, 0.15) is 0 Å². The molecule has 0 aliphatic heterocycles. The number of rotatable bonds is 5. The van der Waals surface area contributed by atoms with Gasteiger partial charge in [-0.25, -0.2) is 5.56 Å². The second kappa shape index (κ2) is 13.3. The van der Waals surface area contributed by atoms with E-state index in [-0.39, 0.29) is 31.6 Å². The maximum absolute atomic E-state index is 10.0. The Morgan fingerprint density at radius 3 is 2.11 bits per heavy atom. The van der Waals surface area contributed by atoms with Crippen LogP contribution in [0.5, 0.6) is 0 Å². The molecule has 0 bridgehead atoms. The van der Waals surface area contributed by atoms with Gasteiger partial charge in [-0.3, -0.25) is 4.79 Å². The fourth-order valence-electron chi connectivity index (χ4n) is 4.25. The Morgan fingerprint density at radius 1 is 0.889 bits per heavy atom. The van der Waals surface area contributed by atoms with E-state index in [9.17, 15) is 4.79 Å². The second-order valence-corrected chi connectivity index (χ2v) is 9.58. The van der Waals surface area contributed by atoms with E-state index < -0.39 is 0 Å². The SMILES string of the molecule is CC(=O)/C=C(/C)O.Cc1[c-]c(-c2[c-]c3ccc(-c4ccccc4)cc3c(CC(C)C)c2)cc(C)c1.[Ir]. The van der Waals surface area contributed by atoms with Crippen molar-refractivity contribution in [2.24, 2.45) is 5.92 Å². The molecule has 0 aromatic heterocycles. The van der Waals surface area contributed by atoms with Crippen LogP contribution in [0.1, 0.15) is 44.4 Å². The molecule has 0 unspecified atom stereocenters. The maximum Gasteiger partial charge on any atom is 0.155 e. The van der Waals surface area contributed by atoms with Gasteiger partial charge in [0.15, 0.2) is 5.78 Å². The van der Waals surface area contributed by atoms with Crippen molar-refractivity contribution >= 4 is 16.6 Å². The molecule has 0 saturated carbocycles. The number of benzene rings is 4. The average molecular weight is 655 g/mol. The van der Waals surface area contributed by atoms with E-state index in [4.69, 9.17) is 5.11 Å². The Bertz CT molecular complexity index is 1330. The molecule has 0 atom stereocenters. The third kappa shape index (κ3) is 8.29. The molecule has 0 aliphatic carbocycles. The number of ketones is 1. The van der Waals surface area contributed by atoms with Crippen LogP contribution in [-0.4, -0.2) is 10.9 Å². The molecular formula is C33H34IrO2-2. The number of hydrogen-bond acceptors (Lipinski definition) is 2. The van der Waals surface area contributed by atoms with E-state index >= 15 is 0 Å². The van der Waals surface area contributed by atoms with Gasteiger partial charge >= 0.3 is 0 Å². The number of aryl methyl sites for hydroxylation is 2. The zero-order valence-electron chi connectivity index (χ0n) is 21.9. The van der Waals surface area contributed by atoms with Crippen LogP contribution < -0.4 is 0 Å². The van der Waals surface area contributed by atoms with Crippen molar-refractivity contribution < 1.29 is 30.0 Å². The molecule has 36 heavy (non-hydrogen) atoms. The van der Waals surface area contributed by atoms with Crippen LogP contribution >= 0.6 is 0 Å². The molecule has 0 aliphatic rings. The van der Waals surface area contributed by atoms with E-state index in [0.29, 0.717) is 5.92 Å². The van der Waals surface area contributed by atoms with Crippen molar-refractivity contribution in [3.05, 3.63) is 107 Å². The molecule has 0 amide bonds. The first-order valence-electron chi connectivity index (χ1n) is 12.1. The van der Waals surface area contributed by atoms with E-state index in [1.54, 1.807) is 0 Å². The summed E-state index contributed by atoms with van der Waals surface area (Å²) >= 11 is 0. The fraction of sp³-hybridized carbons (Fsp3) is 0.242. The van der Waals surface area contributed by atoms with Gasteiger partial charge in [0, 0.05) is 26.2 Å². The molecule has 1 N–H and O–H groups in total. The number of carbonyl (C=O) groups excluding carboxylic acids is 1. The summed E-state index contributed by atoms with van der Waals surface area (Å²) in [5.41, 5.74) is 8.63. The first kappa shape index (κ1) is 29.2. The number of aliphatic hydroxyl groups excluding tert-OH is 1. The van der Waals surface area contributed by atoms with Gasteiger partial charge in [-0.15, -0.1) is 34.2 Å². The Hall–Kier alpha value is -3.00. The smallest absolute Gasteiger partial charge is 0.155 e. The standard InChI is InChI=1S/C28H26.C5H8O2.Ir/c1-19(2)12-27-17-26(25-14-20(3)13-21(4)15-25)16-24-11-10-23(18-28(24)27)22-8-6-5-7-9-22;1-4(6)3-5(2)7;/h5-11,13-14,17-19H,12H2,1-4H3;3,6H,1-2H3;/q-2;;/b;4-3-;. The molecule has 4 rings (SSSR count). The summed E-state index contributed by atoms with van der Waals surface area (Å²) in [5, 5.41) is 10.9. The van der Waals surface area contributed by atoms with Crippen molar-refractivity contribution in [1.82, 2.24) is 0 Å². The molecule has 2 nitrogen and oxygen atoms in total. The Balaban J connectivity index is 0.000000503. The van der Waals surface area contributed by atoms with Crippen molar-refractivity contribution in [1.29, 1.82) is 0 Å². The minimum absolute atomic E-state index is 0. The minimum atomic E-state index is -0.125.